The van der Waals surface area contributed by atoms with Crippen molar-refractivity contribution in [2.75, 3.05) is 14.1 Å². The Kier molecular flexibility index (Phi) is 1.66. The Morgan fingerprint density at radius 2 is 1.27 bits per heavy atom. The van der Waals surface area contributed by atoms with Gasteiger partial charge in [0, 0.05) is 12.1 Å². The third kappa shape index (κ3) is 1.07. The first-order chi connectivity index (χ1) is 6.85. The first-order valence-corrected chi connectivity index (χ1v) is 4.35. The number of carbonyl (C=O) groups excluding carboxylic acids is 2. The van der Waals surface area contributed by atoms with Crippen LogP contribution in [-0.4, -0.2) is 40.6 Å². The van der Waals surface area contributed by atoms with Crippen LogP contribution >= 0.6 is 0 Å². The molecule has 1 aliphatic heterocycles. The van der Waals surface area contributed by atoms with Crippen LogP contribution in [0, 0.1) is 0 Å². The summed E-state index contributed by atoms with van der Waals surface area (Å²) in [5, 5.41) is 18.5. The zero-order chi connectivity index (χ0) is 11.4. The van der Waals surface area contributed by atoms with Gasteiger partial charge in [-0.05, 0) is 0 Å². The van der Waals surface area contributed by atoms with Gasteiger partial charge in [-0.1, -0.05) is 0 Å². The van der Waals surface area contributed by atoms with Crippen molar-refractivity contribution in [3.63, 3.8) is 0 Å². The van der Waals surface area contributed by atoms with Gasteiger partial charge in [-0.2, -0.15) is 4.48 Å². The van der Waals surface area contributed by atoms with E-state index in [2.05, 4.69) is 0 Å². The highest BCUT2D eigenvalue weighted by atomic mass is 16.3. The molecule has 5 nitrogen and oxygen atoms in total. The van der Waals surface area contributed by atoms with Gasteiger partial charge in [-0.25, -0.2) is 9.59 Å². The number of hydrogen-bond acceptors (Lipinski definition) is 4. The van der Waals surface area contributed by atoms with Crippen molar-refractivity contribution in [2.24, 2.45) is 0 Å². The smallest absolute Gasteiger partial charge is 0.354 e. The maximum atomic E-state index is 11.8. The number of nitrogens with zero attached hydrogens (tertiary/aromatic N) is 1. The van der Waals surface area contributed by atoms with Crippen molar-refractivity contribution in [1.29, 1.82) is 0 Å². The number of imide groups is 1. The van der Waals surface area contributed by atoms with E-state index in [9.17, 15) is 19.8 Å². The highest BCUT2D eigenvalue weighted by molar-refractivity contribution is 6.14. The maximum Gasteiger partial charge on any atom is 0.354 e. The topological polar surface area (TPSA) is 74.6 Å². The Morgan fingerprint density at radius 3 is 1.60 bits per heavy atom. The van der Waals surface area contributed by atoms with Crippen LogP contribution in [0.4, 0.5) is 0 Å². The van der Waals surface area contributed by atoms with E-state index in [1.54, 1.807) is 0 Å². The SMILES string of the molecule is C[N+]1(C)C(=O)c2cc(O)c(O)cc2C1=O. The molecule has 0 aliphatic carbocycles. The predicted molar refractivity (Wildman–Crippen MR) is 50.5 cm³/mol. The molecule has 1 heterocycles. The molecule has 1 aromatic rings. The minimum atomic E-state index is -0.418. The fraction of sp³-hybridized carbons (Fsp3) is 0.200. The number of phenols is 2. The van der Waals surface area contributed by atoms with E-state index in [1.165, 1.54) is 14.1 Å². The van der Waals surface area contributed by atoms with Crippen LogP contribution in [0.1, 0.15) is 20.7 Å². The molecule has 0 saturated carbocycles. The van der Waals surface area contributed by atoms with Gasteiger partial charge in [-0.15, -0.1) is 0 Å². The average Bonchev–Trinajstić information content (AvgIpc) is 2.32. The molecule has 0 unspecified atom stereocenters. The van der Waals surface area contributed by atoms with Gasteiger partial charge in [0.2, 0.25) is 0 Å². The third-order valence-electron chi connectivity index (χ3n) is 2.59. The molecule has 1 aromatic carbocycles. The third-order valence-corrected chi connectivity index (χ3v) is 2.59. The van der Waals surface area contributed by atoms with E-state index in [0.717, 1.165) is 12.1 Å². The molecule has 1 aliphatic rings. The molecule has 0 fully saturated rings. The molecule has 15 heavy (non-hydrogen) atoms. The highest BCUT2D eigenvalue weighted by Gasteiger charge is 2.48. The van der Waals surface area contributed by atoms with Gasteiger partial charge >= 0.3 is 11.8 Å². The minimum absolute atomic E-state index is 0.153. The number of fused-ring (bicyclic) bond motifs is 1. The molecular weight excluding hydrogens is 198 g/mol. The lowest BCUT2D eigenvalue weighted by molar-refractivity contribution is -0.716. The van der Waals surface area contributed by atoms with E-state index >= 15 is 0 Å². The van der Waals surface area contributed by atoms with Crippen LogP contribution in [0.15, 0.2) is 12.1 Å². The number of hydrogen-bond donors (Lipinski definition) is 2. The first-order valence-electron chi connectivity index (χ1n) is 4.35. The monoisotopic (exact) mass is 208 g/mol. The van der Waals surface area contributed by atoms with Crippen LogP contribution in [0.5, 0.6) is 11.5 Å². The quantitative estimate of drug-likeness (QED) is 0.369. The van der Waals surface area contributed by atoms with Crippen molar-refractivity contribution in [2.45, 2.75) is 0 Å². The van der Waals surface area contributed by atoms with Crippen LogP contribution in [0.2, 0.25) is 0 Å². The molecule has 2 rings (SSSR count). The Hall–Kier alpha value is -1.88. The molecule has 0 aromatic heterocycles. The summed E-state index contributed by atoms with van der Waals surface area (Å²) in [6, 6.07) is 2.25. The van der Waals surface area contributed by atoms with E-state index in [1.807, 2.05) is 0 Å². The molecular formula is C10H10NO4+. The summed E-state index contributed by atoms with van der Waals surface area (Å²) in [6.45, 7) is 0. The fourth-order valence-corrected chi connectivity index (χ4v) is 1.63. The molecule has 0 radical (unpaired) electrons. The van der Waals surface area contributed by atoms with Crippen molar-refractivity contribution in [1.82, 2.24) is 0 Å². The van der Waals surface area contributed by atoms with E-state index in [0.29, 0.717) is 0 Å². The van der Waals surface area contributed by atoms with Crippen LogP contribution in [0.3, 0.4) is 0 Å². The molecule has 5 heteroatoms. The Balaban J connectivity index is 2.74. The summed E-state index contributed by atoms with van der Waals surface area (Å²) in [4.78, 5) is 23.5. The number of benzene rings is 1. The summed E-state index contributed by atoms with van der Waals surface area (Å²) in [5.41, 5.74) is 0.306. The Labute approximate surface area is 85.8 Å². The Bertz CT molecular complexity index is 447. The lowest BCUT2D eigenvalue weighted by Crippen LogP contribution is -2.44. The maximum absolute atomic E-state index is 11.8. The van der Waals surface area contributed by atoms with Gasteiger partial charge in [0.1, 0.15) is 11.1 Å². The minimum Gasteiger partial charge on any atom is -0.504 e. The lowest BCUT2D eigenvalue weighted by atomic mass is 10.1. The van der Waals surface area contributed by atoms with Crippen LogP contribution in [-0.2, 0) is 0 Å². The standard InChI is InChI=1S/C10H9NO4/c1-11(2)9(14)5-3-7(12)8(13)4-6(5)10(11)15/h3-4H,1-2H3,(H-,12,13,14,15)/p+1. The molecule has 2 amide bonds. The predicted octanol–water partition coefficient (Wildman–Crippen LogP) is 0.468. The second-order valence-corrected chi connectivity index (χ2v) is 3.95. The first kappa shape index (κ1) is 9.67. The summed E-state index contributed by atoms with van der Waals surface area (Å²) in [5.74, 6) is -1.55. The van der Waals surface area contributed by atoms with Gasteiger partial charge in [0.15, 0.2) is 11.5 Å². The van der Waals surface area contributed by atoms with Gasteiger partial charge in [0.05, 0.1) is 14.1 Å². The number of phenolic OH excluding ortho intramolecular Hbond substituents is 2. The largest absolute Gasteiger partial charge is 0.504 e. The normalized spacial score (nSPS) is 18.0. The summed E-state index contributed by atoms with van der Waals surface area (Å²) < 4.78 is -0.418. The Morgan fingerprint density at radius 1 is 0.933 bits per heavy atom. The molecule has 0 bridgehead atoms. The van der Waals surface area contributed by atoms with Crippen LogP contribution < -0.4 is 0 Å². The van der Waals surface area contributed by atoms with Crippen molar-refractivity contribution in [3.05, 3.63) is 23.3 Å². The van der Waals surface area contributed by atoms with E-state index in [4.69, 9.17) is 0 Å². The average molecular weight is 208 g/mol. The zero-order valence-electron chi connectivity index (χ0n) is 8.31. The van der Waals surface area contributed by atoms with Crippen molar-refractivity contribution < 1.29 is 24.3 Å². The van der Waals surface area contributed by atoms with Crippen LogP contribution in [0.25, 0.3) is 0 Å². The van der Waals surface area contributed by atoms with E-state index in [-0.39, 0.29) is 22.9 Å². The number of quaternary nitrogens is 1. The zero-order valence-corrected chi connectivity index (χ0v) is 8.31. The van der Waals surface area contributed by atoms with Crippen molar-refractivity contribution in [3.8, 4) is 11.5 Å². The van der Waals surface area contributed by atoms with Gasteiger partial charge in [-0.3, -0.25) is 0 Å². The summed E-state index contributed by atoms with van der Waals surface area (Å²) in [6.07, 6.45) is 0. The van der Waals surface area contributed by atoms with Crippen molar-refractivity contribution >= 4 is 11.8 Å². The molecule has 78 valence electrons. The number of carbonyl (C=O) groups is 2. The number of aromatic hydroxyl groups is 2. The number of amides is 2. The summed E-state index contributed by atoms with van der Waals surface area (Å²) in [7, 11) is 2.94. The number of rotatable bonds is 0. The second kappa shape index (κ2) is 2.58. The fourth-order valence-electron chi connectivity index (χ4n) is 1.63. The van der Waals surface area contributed by atoms with E-state index < -0.39 is 16.0 Å². The molecule has 0 spiro atoms. The molecule has 0 atom stereocenters. The van der Waals surface area contributed by atoms with Gasteiger partial charge in [0.25, 0.3) is 0 Å². The highest BCUT2D eigenvalue weighted by Crippen LogP contribution is 2.34. The lowest BCUT2D eigenvalue weighted by Gasteiger charge is -2.15. The summed E-state index contributed by atoms with van der Waals surface area (Å²) >= 11 is 0. The second-order valence-electron chi connectivity index (χ2n) is 3.95. The molecule has 0 saturated heterocycles. The molecule has 2 N–H and O–H groups in total. The van der Waals surface area contributed by atoms with Gasteiger partial charge < -0.3 is 10.2 Å².